The summed E-state index contributed by atoms with van der Waals surface area (Å²) in [6, 6.07) is 40.2. The van der Waals surface area contributed by atoms with Gasteiger partial charge in [0.1, 0.15) is 6.61 Å². The number of benzene rings is 4. The van der Waals surface area contributed by atoms with Crippen LogP contribution in [-0.4, -0.2) is 17.3 Å². The van der Waals surface area contributed by atoms with Gasteiger partial charge in [0.25, 0.3) is 0 Å². The molecule has 7 N–H and O–H groups in total. The van der Waals surface area contributed by atoms with Crippen molar-refractivity contribution in [1.82, 2.24) is 10.9 Å². The third kappa shape index (κ3) is 21.8. The first kappa shape index (κ1) is 33.3. The fourth-order valence-corrected chi connectivity index (χ4v) is 2.37. The second kappa shape index (κ2) is 22.8. The van der Waals surface area contributed by atoms with E-state index in [0.29, 0.717) is 0 Å². The van der Waals surface area contributed by atoms with Gasteiger partial charge in [-0.05, 0) is 26.3 Å². The van der Waals surface area contributed by atoms with Crippen molar-refractivity contribution in [3.05, 3.63) is 144 Å². The van der Waals surface area contributed by atoms with Crippen LogP contribution >= 0.6 is 0 Å². The van der Waals surface area contributed by atoms with Crippen molar-refractivity contribution in [2.75, 3.05) is 0 Å². The molecule has 0 aliphatic rings. The minimum atomic E-state index is -1.22. The predicted molar refractivity (Wildman–Crippen MR) is 153 cm³/mol. The second-order valence-electron chi connectivity index (χ2n) is 7.62. The van der Waals surface area contributed by atoms with Gasteiger partial charge in [0, 0.05) is 0 Å². The molecule has 0 saturated heterocycles. The second-order valence-corrected chi connectivity index (χ2v) is 7.62. The summed E-state index contributed by atoms with van der Waals surface area (Å²) in [5, 5.41) is 7.49. The van der Waals surface area contributed by atoms with E-state index in [-0.39, 0.29) is 6.61 Å². The first-order chi connectivity index (χ1) is 18.3. The molecule has 0 heterocycles. The summed E-state index contributed by atoms with van der Waals surface area (Å²) < 4.78 is 4.70. The van der Waals surface area contributed by atoms with Gasteiger partial charge < -0.3 is 9.84 Å². The molecule has 8 heteroatoms. The van der Waals surface area contributed by atoms with Gasteiger partial charge in [0.05, 0.1) is 0 Å². The lowest BCUT2D eigenvalue weighted by atomic mass is 10.2. The van der Waals surface area contributed by atoms with Crippen molar-refractivity contribution in [1.29, 1.82) is 0 Å². The SMILES string of the molecule is Cc1ccccc1.Cc1ccccc1.Cc1ccccc1.NNC(=O)O.NNC(=O)OCc1ccccc1. The summed E-state index contributed by atoms with van der Waals surface area (Å²) in [4.78, 5) is 19.7. The summed E-state index contributed by atoms with van der Waals surface area (Å²) in [7, 11) is 0. The Kier molecular flexibility index (Phi) is 20.0. The number of aryl methyl sites for hydroxylation is 3. The van der Waals surface area contributed by atoms with Crippen LogP contribution in [0.1, 0.15) is 22.3 Å². The van der Waals surface area contributed by atoms with E-state index in [1.54, 1.807) is 0 Å². The standard InChI is InChI=1S/C8H10N2O2.3C7H8.CH4N2O2/c9-10-8(11)12-6-7-4-2-1-3-5-7;3*1-7-5-3-2-4-6-7;2-3-1(4)5/h1-5H,6,9H2,(H,10,11);3*2-6H,1H3;3H,2H2,(H,4,5). The number of nitrogens with two attached hydrogens (primary N) is 2. The van der Waals surface area contributed by atoms with E-state index in [4.69, 9.17) is 20.5 Å². The maximum atomic E-state index is 10.5. The molecule has 0 spiro atoms. The molecule has 0 aliphatic carbocycles. The number of hydrogen-bond donors (Lipinski definition) is 5. The Morgan fingerprint density at radius 2 is 0.895 bits per heavy atom. The lowest BCUT2D eigenvalue weighted by molar-refractivity contribution is 0.140. The van der Waals surface area contributed by atoms with Crippen molar-refractivity contribution in [2.24, 2.45) is 11.7 Å². The van der Waals surface area contributed by atoms with Crippen LogP contribution in [0.5, 0.6) is 0 Å². The number of amides is 2. The monoisotopic (exact) mass is 518 g/mol. The van der Waals surface area contributed by atoms with Crippen LogP contribution < -0.4 is 22.5 Å². The molecule has 0 aliphatic heterocycles. The van der Waals surface area contributed by atoms with Crippen LogP contribution in [0.15, 0.2) is 121 Å². The van der Waals surface area contributed by atoms with Crippen LogP contribution in [0.25, 0.3) is 0 Å². The Morgan fingerprint density at radius 3 is 1.11 bits per heavy atom. The van der Waals surface area contributed by atoms with E-state index in [2.05, 4.69) is 63.0 Å². The van der Waals surface area contributed by atoms with Crippen molar-refractivity contribution in [2.45, 2.75) is 27.4 Å². The quantitative estimate of drug-likeness (QED) is 0.127. The van der Waals surface area contributed by atoms with Gasteiger partial charge >= 0.3 is 12.2 Å². The van der Waals surface area contributed by atoms with E-state index in [1.165, 1.54) is 22.1 Å². The van der Waals surface area contributed by atoms with E-state index in [1.807, 2.05) is 90.4 Å². The molecule has 0 atom stereocenters. The molecule has 8 nitrogen and oxygen atoms in total. The topological polar surface area (TPSA) is 140 Å². The van der Waals surface area contributed by atoms with E-state index in [9.17, 15) is 4.79 Å². The molecule has 4 aromatic rings. The number of carboxylic acid groups (broad SMARTS) is 1. The highest BCUT2D eigenvalue weighted by Gasteiger charge is 1.97. The maximum Gasteiger partial charge on any atom is 0.421 e. The molecule has 0 radical (unpaired) electrons. The van der Waals surface area contributed by atoms with Crippen LogP contribution in [0.2, 0.25) is 0 Å². The lowest BCUT2D eigenvalue weighted by Crippen LogP contribution is -2.30. The zero-order chi connectivity index (χ0) is 28.4. The zero-order valence-corrected chi connectivity index (χ0v) is 22.1. The fourth-order valence-electron chi connectivity index (χ4n) is 2.37. The Labute approximate surface area is 225 Å². The Hall–Kier alpha value is -4.66. The van der Waals surface area contributed by atoms with Crippen LogP contribution in [-0.2, 0) is 11.3 Å². The normalized spacial score (nSPS) is 8.55. The molecule has 0 fully saturated rings. The number of hydrogen-bond acceptors (Lipinski definition) is 5. The number of rotatable bonds is 2. The summed E-state index contributed by atoms with van der Waals surface area (Å²) in [6.45, 7) is 6.49. The number of carbonyl (C=O) groups is 2. The van der Waals surface area contributed by atoms with E-state index >= 15 is 0 Å². The largest absolute Gasteiger partial charge is 0.464 e. The molecular weight excluding hydrogens is 480 g/mol. The number of nitrogens with one attached hydrogen (secondary N) is 2. The van der Waals surface area contributed by atoms with Crippen molar-refractivity contribution in [3.8, 4) is 0 Å². The zero-order valence-electron chi connectivity index (χ0n) is 22.1. The molecule has 0 saturated carbocycles. The van der Waals surface area contributed by atoms with Crippen molar-refractivity contribution < 1.29 is 19.4 Å². The summed E-state index contributed by atoms with van der Waals surface area (Å²) in [5.74, 6) is 9.13. The number of ether oxygens (including phenoxy) is 1. The van der Waals surface area contributed by atoms with Gasteiger partial charge in [-0.2, -0.15) is 0 Å². The van der Waals surface area contributed by atoms with Gasteiger partial charge in [0.15, 0.2) is 0 Å². The van der Waals surface area contributed by atoms with Crippen LogP contribution in [0.3, 0.4) is 0 Å². The average molecular weight is 519 g/mol. The van der Waals surface area contributed by atoms with Gasteiger partial charge in [-0.1, -0.05) is 138 Å². The predicted octanol–water partition coefficient (Wildman–Crippen LogP) is 5.90. The molecule has 4 aromatic carbocycles. The van der Waals surface area contributed by atoms with Crippen molar-refractivity contribution >= 4 is 12.2 Å². The molecule has 202 valence electrons. The molecule has 0 bridgehead atoms. The molecule has 0 aromatic heterocycles. The maximum absolute atomic E-state index is 10.5. The first-order valence-corrected chi connectivity index (χ1v) is 11.7. The molecule has 38 heavy (non-hydrogen) atoms. The summed E-state index contributed by atoms with van der Waals surface area (Å²) >= 11 is 0. The third-order valence-electron chi connectivity index (χ3n) is 4.28. The number of hydrazine groups is 2. The van der Waals surface area contributed by atoms with Gasteiger partial charge in [-0.3, -0.25) is 10.9 Å². The highest BCUT2D eigenvalue weighted by molar-refractivity contribution is 5.66. The third-order valence-corrected chi connectivity index (χ3v) is 4.28. The first-order valence-electron chi connectivity index (χ1n) is 11.7. The van der Waals surface area contributed by atoms with E-state index in [0.717, 1.165) is 5.56 Å². The molecule has 4 rings (SSSR count). The van der Waals surface area contributed by atoms with Crippen LogP contribution in [0.4, 0.5) is 9.59 Å². The highest BCUT2D eigenvalue weighted by atomic mass is 16.5. The van der Waals surface area contributed by atoms with Gasteiger partial charge in [-0.25, -0.2) is 21.3 Å². The summed E-state index contributed by atoms with van der Waals surface area (Å²) in [5.41, 5.74) is 8.22. The van der Waals surface area contributed by atoms with Gasteiger partial charge in [0.2, 0.25) is 0 Å². The molecule has 2 amide bonds. The lowest BCUT2D eigenvalue weighted by Gasteiger charge is -2.02. The molecule has 0 unspecified atom stereocenters. The Bertz CT molecular complexity index is 1010. The molecular formula is C30H38N4O4. The van der Waals surface area contributed by atoms with Crippen LogP contribution in [0, 0.1) is 20.8 Å². The minimum absolute atomic E-state index is 0.240. The number of carbonyl (C=O) groups excluding carboxylic acids is 1. The Morgan fingerprint density at radius 1 is 0.605 bits per heavy atom. The highest BCUT2D eigenvalue weighted by Crippen LogP contribution is 2.00. The Balaban J connectivity index is 0.000000466. The summed E-state index contributed by atoms with van der Waals surface area (Å²) in [6.07, 6.45) is -1.84. The smallest absolute Gasteiger partial charge is 0.421 e. The fraction of sp³-hybridized carbons (Fsp3) is 0.133. The average Bonchev–Trinajstić information content (AvgIpc) is 2.95. The van der Waals surface area contributed by atoms with Crippen molar-refractivity contribution in [3.63, 3.8) is 0 Å². The minimum Gasteiger partial charge on any atom is -0.464 e. The van der Waals surface area contributed by atoms with Gasteiger partial charge in [-0.15, -0.1) is 0 Å². The van der Waals surface area contributed by atoms with E-state index < -0.39 is 12.2 Å².